The number of nitrogens with one attached hydrogen (secondary N) is 1. The van der Waals surface area contributed by atoms with Crippen molar-refractivity contribution < 1.29 is 13.2 Å². The van der Waals surface area contributed by atoms with Crippen molar-refractivity contribution in [3.05, 3.63) is 70.8 Å². The van der Waals surface area contributed by atoms with Gasteiger partial charge in [0.2, 0.25) is 15.9 Å². The van der Waals surface area contributed by atoms with Gasteiger partial charge in [-0.15, -0.1) is 0 Å². The second-order valence-electron chi connectivity index (χ2n) is 9.57. The monoisotopic (exact) mass is 468 g/mol. The standard InChI is InChI=1S/C27H36N2O3S/c1-21(24-16-15-23-12-5-6-13-25(23)19-24)28-27(30)26-14-7-17-29(20-26)33(31,32)18-8-11-22-9-3-2-4-10-22/h2-4,9-10,15-16,19,21,26H,5-8,11-14,17-18,20H2,1H3,(H,28,30). The average Bonchev–Trinajstić information content (AvgIpc) is 2.84. The molecular formula is C27H36N2O3S. The molecule has 5 nitrogen and oxygen atoms in total. The first-order valence-electron chi connectivity index (χ1n) is 12.4. The Morgan fingerprint density at radius 3 is 2.61 bits per heavy atom. The van der Waals surface area contributed by atoms with Crippen LogP contribution in [0.1, 0.15) is 67.3 Å². The van der Waals surface area contributed by atoms with Crippen LogP contribution in [0, 0.1) is 5.92 Å². The molecule has 178 valence electrons. The Balaban J connectivity index is 1.31. The van der Waals surface area contributed by atoms with Crippen molar-refractivity contribution >= 4 is 15.9 Å². The summed E-state index contributed by atoms with van der Waals surface area (Å²) in [5, 5.41) is 3.15. The van der Waals surface area contributed by atoms with Crippen molar-refractivity contribution in [2.45, 2.75) is 64.3 Å². The number of fused-ring (bicyclic) bond motifs is 1. The molecule has 0 bridgehead atoms. The van der Waals surface area contributed by atoms with E-state index in [1.54, 1.807) is 0 Å². The van der Waals surface area contributed by atoms with E-state index in [2.05, 4.69) is 23.5 Å². The van der Waals surface area contributed by atoms with E-state index in [9.17, 15) is 13.2 Å². The lowest BCUT2D eigenvalue weighted by Gasteiger charge is -2.32. The molecule has 2 atom stereocenters. The molecule has 2 aromatic rings. The first kappa shape index (κ1) is 24.0. The zero-order valence-electron chi connectivity index (χ0n) is 19.6. The van der Waals surface area contributed by atoms with Gasteiger partial charge in [-0.1, -0.05) is 48.5 Å². The number of hydrogen-bond donors (Lipinski definition) is 1. The van der Waals surface area contributed by atoms with Crippen LogP contribution in [-0.4, -0.2) is 37.5 Å². The van der Waals surface area contributed by atoms with Crippen LogP contribution in [0.5, 0.6) is 0 Å². The number of amides is 1. The maximum atomic E-state index is 13.0. The van der Waals surface area contributed by atoms with Crippen molar-refractivity contribution in [2.24, 2.45) is 5.92 Å². The van der Waals surface area contributed by atoms with Gasteiger partial charge in [0.25, 0.3) is 0 Å². The number of hydrogen-bond acceptors (Lipinski definition) is 3. The lowest BCUT2D eigenvalue weighted by Crippen LogP contribution is -2.46. The number of benzene rings is 2. The van der Waals surface area contributed by atoms with Crippen LogP contribution < -0.4 is 5.32 Å². The fourth-order valence-electron chi connectivity index (χ4n) is 5.08. The quantitative estimate of drug-likeness (QED) is 0.624. The van der Waals surface area contributed by atoms with Gasteiger partial charge < -0.3 is 5.32 Å². The highest BCUT2D eigenvalue weighted by atomic mass is 32.2. The highest BCUT2D eigenvalue weighted by Crippen LogP contribution is 2.26. The van der Waals surface area contributed by atoms with Crippen LogP contribution in [0.3, 0.4) is 0 Å². The number of sulfonamides is 1. The molecule has 1 aliphatic carbocycles. The van der Waals surface area contributed by atoms with E-state index in [0.29, 0.717) is 13.0 Å². The van der Waals surface area contributed by atoms with Crippen molar-refractivity contribution in [1.29, 1.82) is 0 Å². The summed E-state index contributed by atoms with van der Waals surface area (Å²) in [5.41, 5.74) is 5.12. The molecule has 4 rings (SSSR count). The van der Waals surface area contributed by atoms with Crippen LogP contribution >= 0.6 is 0 Å². The molecule has 1 fully saturated rings. The molecule has 1 heterocycles. The van der Waals surface area contributed by atoms with E-state index in [1.807, 2.05) is 37.3 Å². The maximum absolute atomic E-state index is 13.0. The highest BCUT2D eigenvalue weighted by Gasteiger charge is 2.32. The average molecular weight is 469 g/mol. The number of carbonyl (C=O) groups excluding carboxylic acids is 1. The minimum absolute atomic E-state index is 0.0376. The van der Waals surface area contributed by atoms with Gasteiger partial charge in [-0.3, -0.25) is 4.79 Å². The minimum atomic E-state index is -3.36. The Kier molecular flexibility index (Phi) is 7.86. The largest absolute Gasteiger partial charge is 0.349 e. The fourth-order valence-corrected chi connectivity index (χ4v) is 6.66. The molecule has 0 saturated carbocycles. The van der Waals surface area contributed by atoms with Crippen LogP contribution in [0.2, 0.25) is 0 Å². The number of rotatable bonds is 8. The third-order valence-corrected chi connectivity index (χ3v) is 9.01. The van der Waals surface area contributed by atoms with Crippen molar-refractivity contribution in [2.75, 3.05) is 18.8 Å². The molecule has 0 spiro atoms. The van der Waals surface area contributed by atoms with Crippen LogP contribution in [0.15, 0.2) is 48.5 Å². The zero-order chi connectivity index (χ0) is 23.3. The molecule has 1 aliphatic heterocycles. The Labute approximate surface area is 198 Å². The first-order chi connectivity index (χ1) is 15.9. The van der Waals surface area contributed by atoms with Crippen molar-refractivity contribution in [3.63, 3.8) is 0 Å². The van der Waals surface area contributed by atoms with Gasteiger partial charge in [0.05, 0.1) is 17.7 Å². The molecule has 2 aromatic carbocycles. The van der Waals surface area contributed by atoms with Gasteiger partial charge in [0.15, 0.2) is 0 Å². The van der Waals surface area contributed by atoms with Gasteiger partial charge in [0.1, 0.15) is 0 Å². The molecule has 0 aromatic heterocycles. The molecular weight excluding hydrogens is 432 g/mol. The number of carbonyl (C=O) groups is 1. The van der Waals surface area contributed by atoms with Gasteiger partial charge >= 0.3 is 0 Å². The summed E-state index contributed by atoms with van der Waals surface area (Å²) in [4.78, 5) is 13.0. The minimum Gasteiger partial charge on any atom is -0.349 e. The Hall–Kier alpha value is -2.18. The number of nitrogens with zero attached hydrogens (tertiary/aromatic N) is 1. The Bertz CT molecular complexity index is 1050. The highest BCUT2D eigenvalue weighted by molar-refractivity contribution is 7.89. The van der Waals surface area contributed by atoms with Gasteiger partial charge in [0, 0.05) is 13.1 Å². The van der Waals surface area contributed by atoms with E-state index in [4.69, 9.17) is 0 Å². The van der Waals surface area contributed by atoms with Gasteiger partial charge in [-0.25, -0.2) is 12.7 Å². The van der Waals surface area contributed by atoms with Crippen molar-refractivity contribution in [3.8, 4) is 0 Å². The van der Waals surface area contributed by atoms with E-state index >= 15 is 0 Å². The molecule has 1 amide bonds. The SMILES string of the molecule is CC(NC(=O)C1CCCN(S(=O)(=O)CCCc2ccccc2)C1)c1ccc2c(c1)CCCC2. The predicted octanol–water partition coefficient (Wildman–Crippen LogP) is 4.42. The first-order valence-corrected chi connectivity index (χ1v) is 14.0. The summed E-state index contributed by atoms with van der Waals surface area (Å²) >= 11 is 0. The maximum Gasteiger partial charge on any atom is 0.224 e. The summed E-state index contributed by atoms with van der Waals surface area (Å²) in [6.45, 7) is 2.82. The summed E-state index contributed by atoms with van der Waals surface area (Å²) in [7, 11) is -3.36. The van der Waals surface area contributed by atoms with E-state index in [0.717, 1.165) is 43.2 Å². The Morgan fingerprint density at radius 1 is 1.06 bits per heavy atom. The lowest BCUT2D eigenvalue weighted by atomic mass is 9.89. The van der Waals surface area contributed by atoms with Crippen LogP contribution in [0.25, 0.3) is 0 Å². The van der Waals surface area contributed by atoms with E-state index in [1.165, 1.54) is 28.3 Å². The molecule has 33 heavy (non-hydrogen) atoms. The summed E-state index contributed by atoms with van der Waals surface area (Å²) in [6, 6.07) is 16.5. The molecule has 0 radical (unpaired) electrons. The summed E-state index contributed by atoms with van der Waals surface area (Å²) in [6.07, 6.45) is 7.55. The number of piperidine rings is 1. The Morgan fingerprint density at radius 2 is 1.82 bits per heavy atom. The summed E-state index contributed by atoms with van der Waals surface area (Å²) < 4.78 is 27.4. The molecule has 1 N–H and O–H groups in total. The fraction of sp³-hybridized carbons (Fsp3) is 0.519. The number of aryl methyl sites for hydroxylation is 3. The smallest absolute Gasteiger partial charge is 0.224 e. The normalized spacial score (nSPS) is 20.1. The van der Waals surface area contributed by atoms with Crippen LogP contribution in [0.4, 0.5) is 0 Å². The zero-order valence-corrected chi connectivity index (χ0v) is 20.4. The lowest BCUT2D eigenvalue weighted by molar-refractivity contribution is -0.126. The third kappa shape index (κ3) is 6.24. The van der Waals surface area contributed by atoms with Gasteiger partial charge in [-0.2, -0.15) is 0 Å². The van der Waals surface area contributed by atoms with E-state index < -0.39 is 10.0 Å². The molecule has 2 aliphatic rings. The predicted molar refractivity (Wildman–Crippen MR) is 132 cm³/mol. The second kappa shape index (κ2) is 10.8. The van der Waals surface area contributed by atoms with Crippen LogP contribution in [-0.2, 0) is 34.1 Å². The van der Waals surface area contributed by atoms with Crippen molar-refractivity contribution in [1.82, 2.24) is 9.62 Å². The third-order valence-electron chi connectivity index (χ3n) is 7.09. The second-order valence-corrected chi connectivity index (χ2v) is 11.7. The van der Waals surface area contributed by atoms with Gasteiger partial charge in [-0.05, 0) is 80.5 Å². The topological polar surface area (TPSA) is 66.5 Å². The summed E-state index contributed by atoms with van der Waals surface area (Å²) in [5.74, 6) is -0.200. The molecule has 6 heteroatoms. The molecule has 2 unspecified atom stereocenters. The molecule has 1 saturated heterocycles. The van der Waals surface area contributed by atoms with E-state index in [-0.39, 0.29) is 30.2 Å².